The van der Waals surface area contributed by atoms with Gasteiger partial charge in [-0.15, -0.1) is 0 Å². The first-order valence-corrected chi connectivity index (χ1v) is 7.34. The Hall–Kier alpha value is -2.31. The zero-order valence-electron chi connectivity index (χ0n) is 13.1. The van der Waals surface area contributed by atoms with Gasteiger partial charge in [-0.25, -0.2) is 4.39 Å². The third-order valence-electron chi connectivity index (χ3n) is 4.37. The largest absolute Gasteiger partial charge is 0.496 e. The van der Waals surface area contributed by atoms with Crippen molar-refractivity contribution in [2.45, 2.75) is 38.7 Å². The topological polar surface area (TPSA) is 98.8 Å². The number of nitrogens with two attached hydrogens (primary N) is 1. The summed E-state index contributed by atoms with van der Waals surface area (Å²) in [7, 11) is 1.32. The zero-order chi connectivity index (χ0) is 17.2. The van der Waals surface area contributed by atoms with Gasteiger partial charge in [-0.3, -0.25) is 9.59 Å². The van der Waals surface area contributed by atoms with Crippen LogP contribution in [0, 0.1) is 11.2 Å². The molecule has 0 radical (unpaired) electrons. The van der Waals surface area contributed by atoms with E-state index in [0.717, 1.165) is 6.07 Å². The Morgan fingerprint density at radius 1 is 1.30 bits per heavy atom. The van der Waals surface area contributed by atoms with E-state index in [1.54, 1.807) is 6.92 Å². The van der Waals surface area contributed by atoms with E-state index in [1.165, 1.54) is 13.2 Å². The number of halogens is 1. The highest BCUT2D eigenvalue weighted by atomic mass is 19.1. The molecule has 2 rings (SSSR count). The molecule has 1 aliphatic carbocycles. The number of amides is 1. The highest BCUT2D eigenvalue weighted by Crippen LogP contribution is 2.38. The van der Waals surface area contributed by atoms with Crippen LogP contribution >= 0.6 is 0 Å². The van der Waals surface area contributed by atoms with Crippen LogP contribution < -0.4 is 15.2 Å². The zero-order valence-corrected chi connectivity index (χ0v) is 13.1. The van der Waals surface area contributed by atoms with E-state index in [-0.39, 0.29) is 23.2 Å². The molecular formula is C16H20FNO5. The lowest BCUT2D eigenvalue weighted by atomic mass is 9.75. The molecule has 0 bridgehead atoms. The second-order valence-electron chi connectivity index (χ2n) is 6.03. The smallest absolute Gasteiger partial charge is 0.309 e. The van der Waals surface area contributed by atoms with Crippen LogP contribution in [0.3, 0.4) is 0 Å². The monoisotopic (exact) mass is 325 g/mol. The fourth-order valence-electron chi connectivity index (χ4n) is 2.73. The van der Waals surface area contributed by atoms with Gasteiger partial charge in [0, 0.05) is 6.07 Å². The van der Waals surface area contributed by atoms with E-state index in [0.29, 0.717) is 25.7 Å². The fourth-order valence-corrected chi connectivity index (χ4v) is 2.73. The molecule has 1 aromatic carbocycles. The molecule has 1 saturated carbocycles. The lowest BCUT2D eigenvalue weighted by molar-refractivity contribution is -0.150. The lowest BCUT2D eigenvalue weighted by Crippen LogP contribution is -2.36. The van der Waals surface area contributed by atoms with Gasteiger partial charge >= 0.3 is 5.97 Å². The van der Waals surface area contributed by atoms with Crippen LogP contribution in [0.5, 0.6) is 11.5 Å². The Morgan fingerprint density at radius 3 is 2.39 bits per heavy atom. The number of carboxylic acid groups (broad SMARTS) is 1. The molecule has 6 nitrogen and oxygen atoms in total. The van der Waals surface area contributed by atoms with Crippen LogP contribution in [-0.4, -0.2) is 30.2 Å². The van der Waals surface area contributed by atoms with E-state index >= 15 is 0 Å². The second kappa shape index (κ2) is 6.44. The van der Waals surface area contributed by atoms with Gasteiger partial charge in [0.25, 0.3) is 5.91 Å². The highest BCUT2D eigenvalue weighted by molar-refractivity contribution is 5.96. The summed E-state index contributed by atoms with van der Waals surface area (Å²) in [6, 6.07) is 2.28. The third-order valence-corrected chi connectivity index (χ3v) is 4.37. The number of primary amides is 1. The van der Waals surface area contributed by atoms with Gasteiger partial charge < -0.3 is 20.3 Å². The molecule has 1 fully saturated rings. The summed E-state index contributed by atoms with van der Waals surface area (Å²) in [6.07, 6.45) is 1.60. The maximum Gasteiger partial charge on any atom is 0.309 e. The summed E-state index contributed by atoms with van der Waals surface area (Å²) in [5.41, 5.74) is 4.52. The van der Waals surface area contributed by atoms with Gasteiger partial charge in [-0.2, -0.15) is 0 Å². The van der Waals surface area contributed by atoms with Crippen LogP contribution in [0.2, 0.25) is 0 Å². The Bertz CT molecular complexity index is 623. The molecule has 0 atom stereocenters. The van der Waals surface area contributed by atoms with Crippen LogP contribution in [0.15, 0.2) is 12.1 Å². The van der Waals surface area contributed by atoms with Gasteiger partial charge in [-0.05, 0) is 38.7 Å². The average Bonchev–Trinajstić information content (AvgIpc) is 2.50. The van der Waals surface area contributed by atoms with Gasteiger partial charge in [0.1, 0.15) is 5.75 Å². The van der Waals surface area contributed by atoms with Crippen LogP contribution in [0.1, 0.15) is 43.0 Å². The number of methoxy groups -OCH3 is 1. The number of hydrogen-bond donors (Lipinski definition) is 2. The first-order valence-electron chi connectivity index (χ1n) is 7.34. The van der Waals surface area contributed by atoms with Crippen molar-refractivity contribution in [1.82, 2.24) is 0 Å². The first kappa shape index (κ1) is 17.1. The van der Waals surface area contributed by atoms with E-state index in [9.17, 15) is 19.1 Å². The number of carbonyl (C=O) groups excluding carboxylic acids is 1. The summed E-state index contributed by atoms with van der Waals surface area (Å²) in [5, 5.41) is 9.21. The minimum absolute atomic E-state index is 0.0371. The molecule has 126 valence electrons. The minimum Gasteiger partial charge on any atom is -0.496 e. The normalized spacial score (nSPS) is 24.0. The molecular weight excluding hydrogens is 305 g/mol. The van der Waals surface area contributed by atoms with Crippen molar-refractivity contribution in [3.05, 3.63) is 23.5 Å². The molecule has 1 amide bonds. The van der Waals surface area contributed by atoms with Crippen molar-refractivity contribution in [3.8, 4) is 11.5 Å². The SMILES string of the molecule is COc1cc(F)c(OC2CCC(C)(C(=O)O)CC2)cc1C(N)=O. The van der Waals surface area contributed by atoms with E-state index in [4.69, 9.17) is 15.2 Å². The number of hydrogen-bond acceptors (Lipinski definition) is 4. The van der Waals surface area contributed by atoms with Crippen molar-refractivity contribution in [1.29, 1.82) is 0 Å². The number of rotatable bonds is 5. The fraction of sp³-hybridized carbons (Fsp3) is 0.500. The van der Waals surface area contributed by atoms with Crippen LogP contribution in [-0.2, 0) is 4.79 Å². The molecule has 0 saturated heterocycles. The van der Waals surface area contributed by atoms with Gasteiger partial charge in [0.05, 0.1) is 24.2 Å². The Morgan fingerprint density at radius 2 is 1.91 bits per heavy atom. The number of carboxylic acids is 1. The summed E-state index contributed by atoms with van der Waals surface area (Å²) in [4.78, 5) is 22.6. The molecule has 0 aliphatic heterocycles. The molecule has 0 spiro atoms. The third kappa shape index (κ3) is 3.55. The highest BCUT2D eigenvalue weighted by Gasteiger charge is 2.38. The molecule has 23 heavy (non-hydrogen) atoms. The van der Waals surface area contributed by atoms with Gasteiger partial charge in [0.2, 0.25) is 0 Å². The number of aliphatic carboxylic acids is 1. The number of carbonyl (C=O) groups is 2. The van der Waals surface area contributed by atoms with Crippen LogP contribution in [0.25, 0.3) is 0 Å². The molecule has 0 unspecified atom stereocenters. The lowest BCUT2D eigenvalue weighted by Gasteiger charge is -2.34. The molecule has 3 N–H and O–H groups in total. The number of benzene rings is 1. The summed E-state index contributed by atoms with van der Waals surface area (Å²) < 4.78 is 24.6. The van der Waals surface area contributed by atoms with E-state index in [1.807, 2.05) is 0 Å². The van der Waals surface area contributed by atoms with Crippen molar-refractivity contribution in [2.75, 3.05) is 7.11 Å². The van der Waals surface area contributed by atoms with Gasteiger partial charge in [0.15, 0.2) is 11.6 Å². The summed E-state index contributed by atoms with van der Waals surface area (Å²) >= 11 is 0. The van der Waals surface area contributed by atoms with E-state index in [2.05, 4.69) is 0 Å². The van der Waals surface area contributed by atoms with Crippen molar-refractivity contribution >= 4 is 11.9 Å². The van der Waals surface area contributed by atoms with Crippen molar-refractivity contribution < 1.29 is 28.6 Å². The maximum absolute atomic E-state index is 14.1. The maximum atomic E-state index is 14.1. The standard InChI is InChI=1S/C16H20FNO5/c1-16(15(20)21)5-3-9(4-6-16)23-13-7-10(14(18)19)12(22-2)8-11(13)17/h7-9H,3-6H2,1-2H3,(H2,18,19)(H,20,21). The second-order valence-corrected chi connectivity index (χ2v) is 6.03. The number of ether oxygens (including phenoxy) is 2. The minimum atomic E-state index is -0.831. The quantitative estimate of drug-likeness (QED) is 0.866. The predicted molar refractivity (Wildman–Crippen MR) is 80.1 cm³/mol. The average molecular weight is 325 g/mol. The molecule has 7 heteroatoms. The van der Waals surface area contributed by atoms with Gasteiger partial charge in [-0.1, -0.05) is 0 Å². The Labute approximate surface area is 133 Å². The molecule has 0 heterocycles. The molecule has 0 aromatic heterocycles. The first-order chi connectivity index (χ1) is 10.8. The summed E-state index contributed by atoms with van der Waals surface area (Å²) in [6.45, 7) is 1.70. The Balaban J connectivity index is 2.14. The van der Waals surface area contributed by atoms with Crippen LogP contribution in [0.4, 0.5) is 4.39 Å². The molecule has 1 aromatic rings. The molecule has 1 aliphatic rings. The van der Waals surface area contributed by atoms with Crippen molar-refractivity contribution in [2.24, 2.45) is 11.1 Å². The Kier molecular flexibility index (Phi) is 4.77. The van der Waals surface area contributed by atoms with Crippen molar-refractivity contribution in [3.63, 3.8) is 0 Å². The van der Waals surface area contributed by atoms with E-state index < -0.39 is 23.1 Å². The predicted octanol–water partition coefficient (Wildman–Crippen LogP) is 2.35. The summed E-state index contributed by atoms with van der Waals surface area (Å²) in [5.74, 6) is -2.26.